The van der Waals surface area contributed by atoms with Crippen LogP contribution in [0.15, 0.2) is 48.8 Å². The van der Waals surface area contributed by atoms with Crippen LogP contribution in [0.5, 0.6) is 0 Å². The van der Waals surface area contributed by atoms with Crippen LogP contribution < -0.4 is 5.32 Å². The molecule has 2 heterocycles. The number of nitrogens with zero attached hydrogens (tertiary/aromatic N) is 5. The predicted octanol–water partition coefficient (Wildman–Crippen LogP) is 1.55. The van der Waals surface area contributed by atoms with Crippen molar-refractivity contribution in [2.24, 2.45) is 0 Å². The molecular weight excluding hydrogens is 336 g/mol. The van der Waals surface area contributed by atoms with Gasteiger partial charge in [0, 0.05) is 23.6 Å². The van der Waals surface area contributed by atoms with Gasteiger partial charge in [0.2, 0.25) is 11.7 Å². The van der Waals surface area contributed by atoms with Gasteiger partial charge in [-0.05, 0) is 42.5 Å². The highest BCUT2D eigenvalue weighted by atomic mass is 16.5. The molecule has 0 aliphatic rings. The Balaban J connectivity index is 1.64. The van der Waals surface area contributed by atoms with Gasteiger partial charge < -0.3 is 10.1 Å². The average molecular weight is 352 g/mol. The molecule has 9 heteroatoms. The first-order chi connectivity index (χ1) is 12.7. The number of esters is 1. The lowest BCUT2D eigenvalue weighted by molar-refractivity contribution is -0.117. The summed E-state index contributed by atoms with van der Waals surface area (Å²) in [6.07, 6.45) is 3.25. The third-order valence-corrected chi connectivity index (χ3v) is 3.33. The zero-order valence-electron chi connectivity index (χ0n) is 14.0. The number of ether oxygens (including phenoxy) is 1. The Morgan fingerprint density at radius 3 is 2.77 bits per heavy atom. The zero-order valence-corrected chi connectivity index (χ0v) is 14.0. The van der Waals surface area contributed by atoms with Crippen LogP contribution in [-0.4, -0.2) is 43.7 Å². The van der Waals surface area contributed by atoms with Crippen molar-refractivity contribution in [2.45, 2.75) is 13.5 Å². The molecule has 0 saturated carbocycles. The molecule has 0 radical (unpaired) electrons. The monoisotopic (exact) mass is 352 g/mol. The Hall–Kier alpha value is -3.62. The van der Waals surface area contributed by atoms with Crippen molar-refractivity contribution in [3.8, 4) is 11.4 Å². The molecule has 2 aromatic heterocycles. The summed E-state index contributed by atoms with van der Waals surface area (Å²) in [6, 6.07) is 10.0. The molecule has 9 nitrogen and oxygen atoms in total. The molecule has 0 saturated heterocycles. The number of anilines is 1. The molecule has 0 bridgehead atoms. The van der Waals surface area contributed by atoms with Gasteiger partial charge in [-0.1, -0.05) is 6.07 Å². The van der Waals surface area contributed by atoms with Gasteiger partial charge in [-0.25, -0.2) is 4.79 Å². The number of amides is 1. The fourth-order valence-corrected chi connectivity index (χ4v) is 2.19. The van der Waals surface area contributed by atoms with Gasteiger partial charge in [0.25, 0.3) is 0 Å². The second-order valence-corrected chi connectivity index (χ2v) is 5.23. The Kier molecular flexibility index (Phi) is 5.28. The minimum Gasteiger partial charge on any atom is -0.462 e. The normalized spacial score (nSPS) is 10.3. The van der Waals surface area contributed by atoms with Crippen LogP contribution in [-0.2, 0) is 16.1 Å². The van der Waals surface area contributed by atoms with E-state index in [0.717, 1.165) is 5.56 Å². The van der Waals surface area contributed by atoms with E-state index in [1.165, 1.54) is 4.80 Å². The molecule has 1 amide bonds. The summed E-state index contributed by atoms with van der Waals surface area (Å²) in [4.78, 5) is 29.0. The number of hydrogen-bond acceptors (Lipinski definition) is 7. The van der Waals surface area contributed by atoms with E-state index in [-0.39, 0.29) is 19.1 Å². The van der Waals surface area contributed by atoms with Gasteiger partial charge in [-0.15, -0.1) is 10.2 Å². The fourth-order valence-electron chi connectivity index (χ4n) is 2.19. The number of hydrogen-bond donors (Lipinski definition) is 1. The minimum atomic E-state index is -0.441. The van der Waals surface area contributed by atoms with Crippen LogP contribution in [0.4, 0.5) is 5.69 Å². The van der Waals surface area contributed by atoms with E-state index >= 15 is 0 Å². The van der Waals surface area contributed by atoms with Crippen LogP contribution in [0.25, 0.3) is 11.4 Å². The maximum atomic E-state index is 12.2. The van der Waals surface area contributed by atoms with Crippen molar-refractivity contribution in [3.05, 3.63) is 54.4 Å². The van der Waals surface area contributed by atoms with Crippen molar-refractivity contribution in [1.29, 1.82) is 0 Å². The molecular formula is C17H16N6O3. The average Bonchev–Trinajstić information content (AvgIpc) is 3.11. The van der Waals surface area contributed by atoms with Crippen LogP contribution in [0.3, 0.4) is 0 Å². The second kappa shape index (κ2) is 7.97. The molecule has 1 N–H and O–H groups in total. The van der Waals surface area contributed by atoms with Gasteiger partial charge in [-0.2, -0.15) is 4.80 Å². The molecule has 0 fully saturated rings. The zero-order chi connectivity index (χ0) is 18.4. The summed E-state index contributed by atoms with van der Waals surface area (Å²) in [5, 5.41) is 14.6. The van der Waals surface area contributed by atoms with Crippen molar-refractivity contribution in [2.75, 3.05) is 11.9 Å². The summed E-state index contributed by atoms with van der Waals surface area (Å²) in [6.45, 7) is 1.91. The molecule has 1 aromatic carbocycles. The van der Waals surface area contributed by atoms with E-state index in [4.69, 9.17) is 4.74 Å². The number of nitrogens with one attached hydrogen (secondary N) is 1. The molecule has 0 atom stereocenters. The molecule has 26 heavy (non-hydrogen) atoms. The van der Waals surface area contributed by atoms with Gasteiger partial charge in [0.05, 0.1) is 12.2 Å². The smallest absolute Gasteiger partial charge is 0.338 e. The maximum Gasteiger partial charge on any atom is 0.338 e. The van der Waals surface area contributed by atoms with Gasteiger partial charge in [0.1, 0.15) is 6.54 Å². The van der Waals surface area contributed by atoms with Crippen LogP contribution >= 0.6 is 0 Å². The molecule has 3 aromatic rings. The summed E-state index contributed by atoms with van der Waals surface area (Å²) in [5.74, 6) is -0.377. The summed E-state index contributed by atoms with van der Waals surface area (Å²) in [5.41, 5.74) is 1.60. The highest BCUT2D eigenvalue weighted by Crippen LogP contribution is 2.13. The highest BCUT2D eigenvalue weighted by molar-refractivity contribution is 5.94. The first-order valence-corrected chi connectivity index (χ1v) is 7.91. The topological polar surface area (TPSA) is 112 Å². The largest absolute Gasteiger partial charge is 0.462 e. The van der Waals surface area contributed by atoms with Crippen molar-refractivity contribution in [3.63, 3.8) is 0 Å². The van der Waals surface area contributed by atoms with Crippen LogP contribution in [0, 0.1) is 0 Å². The van der Waals surface area contributed by atoms with E-state index < -0.39 is 5.97 Å². The number of rotatable bonds is 6. The van der Waals surface area contributed by atoms with Gasteiger partial charge in [0.15, 0.2) is 0 Å². The third-order valence-electron chi connectivity index (χ3n) is 3.33. The number of carbonyl (C=O) groups is 2. The fraction of sp³-hybridized carbons (Fsp3) is 0.176. The quantitative estimate of drug-likeness (QED) is 0.670. The number of benzene rings is 1. The number of aromatic nitrogens is 5. The lowest BCUT2D eigenvalue weighted by Crippen LogP contribution is -2.20. The Morgan fingerprint density at radius 1 is 1.19 bits per heavy atom. The van der Waals surface area contributed by atoms with Crippen LogP contribution in [0.1, 0.15) is 17.3 Å². The molecule has 0 spiro atoms. The molecule has 132 valence electrons. The lowest BCUT2D eigenvalue weighted by Gasteiger charge is -2.06. The maximum absolute atomic E-state index is 12.2. The number of tetrazole rings is 1. The molecule has 0 unspecified atom stereocenters. The molecule has 0 aliphatic heterocycles. The molecule has 0 aliphatic carbocycles. The minimum absolute atomic E-state index is 0.109. The third kappa shape index (κ3) is 4.26. The second-order valence-electron chi connectivity index (χ2n) is 5.23. The SMILES string of the molecule is CCOC(=O)c1cccc(NC(=O)Cn2nnc(-c3ccncc3)n2)c1. The Morgan fingerprint density at radius 2 is 2.00 bits per heavy atom. The van der Waals surface area contributed by atoms with Crippen molar-refractivity contribution < 1.29 is 14.3 Å². The Bertz CT molecular complexity index is 910. The molecule has 3 rings (SSSR count). The first-order valence-electron chi connectivity index (χ1n) is 7.91. The summed E-state index contributed by atoms with van der Waals surface area (Å²) < 4.78 is 4.94. The van der Waals surface area contributed by atoms with E-state index in [1.54, 1.807) is 55.7 Å². The van der Waals surface area contributed by atoms with Gasteiger partial charge >= 0.3 is 5.97 Å². The van der Waals surface area contributed by atoms with Crippen molar-refractivity contribution in [1.82, 2.24) is 25.2 Å². The predicted molar refractivity (Wildman–Crippen MR) is 92.1 cm³/mol. The summed E-state index contributed by atoms with van der Waals surface area (Å²) in [7, 11) is 0. The summed E-state index contributed by atoms with van der Waals surface area (Å²) >= 11 is 0. The van der Waals surface area contributed by atoms with Crippen LogP contribution in [0.2, 0.25) is 0 Å². The van der Waals surface area contributed by atoms with Gasteiger partial charge in [-0.3, -0.25) is 9.78 Å². The van der Waals surface area contributed by atoms with E-state index in [2.05, 4.69) is 25.7 Å². The standard InChI is InChI=1S/C17H16N6O3/c1-2-26-17(25)13-4-3-5-14(10-13)19-15(24)11-23-21-16(20-22-23)12-6-8-18-9-7-12/h3-10H,2,11H2,1H3,(H,19,24). The van der Waals surface area contributed by atoms with E-state index in [1.807, 2.05) is 0 Å². The van der Waals surface area contributed by atoms with Crippen molar-refractivity contribution >= 4 is 17.6 Å². The lowest BCUT2D eigenvalue weighted by atomic mass is 10.2. The highest BCUT2D eigenvalue weighted by Gasteiger charge is 2.11. The number of pyridine rings is 1. The van der Waals surface area contributed by atoms with E-state index in [0.29, 0.717) is 17.1 Å². The first kappa shape index (κ1) is 17.2. The number of carbonyl (C=O) groups excluding carboxylic acids is 2. The Labute approximate surface area is 149 Å². The van der Waals surface area contributed by atoms with E-state index in [9.17, 15) is 9.59 Å².